The molecule has 136 valence electrons. The Morgan fingerprint density at radius 2 is 1.73 bits per heavy atom. The Balaban J connectivity index is 1.68. The number of nitrogens with zero attached hydrogens (tertiary/aromatic N) is 1. The van der Waals surface area contributed by atoms with Crippen molar-refractivity contribution in [2.75, 3.05) is 20.3 Å². The van der Waals surface area contributed by atoms with Crippen LogP contribution in [0.3, 0.4) is 0 Å². The molecule has 2 aromatic rings. The van der Waals surface area contributed by atoms with Crippen molar-refractivity contribution < 1.29 is 19.1 Å². The summed E-state index contributed by atoms with van der Waals surface area (Å²) in [6, 6.07) is 10.8. The SMILES string of the molecule is COC[C@@H](C)NC(=O)CCCN1C(=O)c2cccc3cccc(c23)C1=O. The molecule has 6 heteroatoms. The van der Waals surface area contributed by atoms with Crippen LogP contribution in [0.5, 0.6) is 0 Å². The number of hydrogen-bond donors (Lipinski definition) is 1. The maximum atomic E-state index is 12.7. The third-order valence-electron chi connectivity index (χ3n) is 4.47. The van der Waals surface area contributed by atoms with Crippen LogP contribution in [0.4, 0.5) is 0 Å². The highest BCUT2D eigenvalue weighted by Gasteiger charge is 2.32. The van der Waals surface area contributed by atoms with Gasteiger partial charge in [0, 0.05) is 42.6 Å². The fraction of sp³-hybridized carbons (Fsp3) is 0.350. The van der Waals surface area contributed by atoms with Crippen LogP contribution in [0.15, 0.2) is 36.4 Å². The highest BCUT2D eigenvalue weighted by atomic mass is 16.5. The van der Waals surface area contributed by atoms with Gasteiger partial charge in [0.1, 0.15) is 0 Å². The van der Waals surface area contributed by atoms with Crippen LogP contribution in [-0.4, -0.2) is 48.9 Å². The predicted molar refractivity (Wildman–Crippen MR) is 98.0 cm³/mol. The Labute approximate surface area is 152 Å². The number of hydrogen-bond acceptors (Lipinski definition) is 4. The topological polar surface area (TPSA) is 75.7 Å². The molecule has 6 nitrogen and oxygen atoms in total. The Morgan fingerprint density at radius 1 is 1.12 bits per heavy atom. The van der Waals surface area contributed by atoms with E-state index in [-0.39, 0.29) is 36.7 Å². The van der Waals surface area contributed by atoms with E-state index in [1.165, 1.54) is 4.90 Å². The van der Waals surface area contributed by atoms with E-state index in [0.29, 0.717) is 29.5 Å². The molecule has 0 radical (unpaired) electrons. The molecule has 0 spiro atoms. The molecule has 3 amide bonds. The summed E-state index contributed by atoms with van der Waals surface area (Å²) in [6.45, 7) is 2.51. The van der Waals surface area contributed by atoms with Gasteiger partial charge in [-0.1, -0.05) is 24.3 Å². The Morgan fingerprint density at radius 3 is 2.31 bits per heavy atom. The first-order valence-electron chi connectivity index (χ1n) is 8.69. The molecule has 1 N–H and O–H groups in total. The minimum Gasteiger partial charge on any atom is -0.383 e. The normalized spacial score (nSPS) is 14.6. The largest absolute Gasteiger partial charge is 0.383 e. The molecular weight excluding hydrogens is 332 g/mol. The number of carbonyl (C=O) groups excluding carboxylic acids is 3. The Bertz CT molecular complexity index is 811. The van der Waals surface area contributed by atoms with E-state index < -0.39 is 0 Å². The van der Waals surface area contributed by atoms with Gasteiger partial charge in [-0.3, -0.25) is 19.3 Å². The number of benzene rings is 2. The average Bonchev–Trinajstić information content (AvgIpc) is 2.62. The van der Waals surface area contributed by atoms with E-state index in [0.717, 1.165) is 5.39 Å². The minimum atomic E-state index is -0.299. The quantitative estimate of drug-likeness (QED) is 0.775. The van der Waals surface area contributed by atoms with E-state index >= 15 is 0 Å². The van der Waals surface area contributed by atoms with Crippen molar-refractivity contribution in [3.63, 3.8) is 0 Å². The van der Waals surface area contributed by atoms with Gasteiger partial charge in [-0.25, -0.2) is 0 Å². The number of rotatable bonds is 7. The molecule has 0 aliphatic carbocycles. The van der Waals surface area contributed by atoms with Crippen LogP contribution < -0.4 is 5.32 Å². The summed E-state index contributed by atoms with van der Waals surface area (Å²) < 4.78 is 4.98. The van der Waals surface area contributed by atoms with Gasteiger partial charge in [-0.15, -0.1) is 0 Å². The second kappa shape index (κ2) is 7.66. The molecule has 2 aromatic carbocycles. The molecule has 1 heterocycles. The van der Waals surface area contributed by atoms with Crippen molar-refractivity contribution in [1.29, 1.82) is 0 Å². The van der Waals surface area contributed by atoms with E-state index in [1.54, 1.807) is 19.2 Å². The third kappa shape index (κ3) is 3.46. The maximum absolute atomic E-state index is 12.7. The molecule has 26 heavy (non-hydrogen) atoms. The van der Waals surface area contributed by atoms with Crippen LogP contribution in [0.2, 0.25) is 0 Å². The van der Waals surface area contributed by atoms with Gasteiger partial charge in [0.25, 0.3) is 11.8 Å². The van der Waals surface area contributed by atoms with Crippen LogP contribution in [0, 0.1) is 0 Å². The van der Waals surface area contributed by atoms with Gasteiger partial charge in [0.2, 0.25) is 5.91 Å². The Kier molecular flexibility index (Phi) is 5.32. The smallest absolute Gasteiger partial charge is 0.261 e. The molecule has 3 rings (SSSR count). The second-order valence-corrected chi connectivity index (χ2v) is 6.50. The Hall–Kier alpha value is -2.73. The summed E-state index contributed by atoms with van der Waals surface area (Å²) in [4.78, 5) is 38.6. The van der Waals surface area contributed by atoms with Gasteiger partial charge >= 0.3 is 0 Å². The monoisotopic (exact) mass is 354 g/mol. The number of amides is 3. The lowest BCUT2D eigenvalue weighted by molar-refractivity contribution is -0.122. The average molecular weight is 354 g/mol. The molecular formula is C20H22N2O4. The molecule has 0 bridgehead atoms. The minimum absolute atomic E-state index is 0.0739. The molecule has 1 aliphatic heterocycles. The van der Waals surface area contributed by atoms with Crippen molar-refractivity contribution in [2.45, 2.75) is 25.8 Å². The summed E-state index contributed by atoms with van der Waals surface area (Å²) in [5.41, 5.74) is 1.08. The standard InChI is InChI=1S/C20H22N2O4/c1-13(12-26-2)21-17(23)10-5-11-22-19(24)15-8-3-6-14-7-4-9-16(18(14)15)20(22)25/h3-4,6-9,13H,5,10-12H2,1-2H3,(H,21,23)/t13-/m1/s1. The third-order valence-corrected chi connectivity index (χ3v) is 4.47. The number of imide groups is 1. The van der Waals surface area contributed by atoms with Gasteiger partial charge in [0.15, 0.2) is 0 Å². The molecule has 0 fully saturated rings. The van der Waals surface area contributed by atoms with E-state index in [9.17, 15) is 14.4 Å². The number of ether oxygens (including phenoxy) is 1. The molecule has 0 unspecified atom stereocenters. The van der Waals surface area contributed by atoms with Gasteiger partial charge in [0.05, 0.1) is 6.61 Å². The van der Waals surface area contributed by atoms with E-state index in [4.69, 9.17) is 4.74 Å². The van der Waals surface area contributed by atoms with Crippen LogP contribution in [0.25, 0.3) is 10.8 Å². The van der Waals surface area contributed by atoms with Crippen molar-refractivity contribution in [1.82, 2.24) is 10.2 Å². The number of nitrogens with one attached hydrogen (secondary N) is 1. The molecule has 0 saturated carbocycles. The zero-order valence-corrected chi connectivity index (χ0v) is 15.0. The fourth-order valence-corrected chi connectivity index (χ4v) is 3.32. The van der Waals surface area contributed by atoms with Crippen LogP contribution >= 0.6 is 0 Å². The second-order valence-electron chi connectivity index (χ2n) is 6.50. The first-order chi connectivity index (χ1) is 12.5. The summed E-state index contributed by atoms with van der Waals surface area (Å²) in [6.07, 6.45) is 0.665. The fourth-order valence-electron chi connectivity index (χ4n) is 3.32. The van der Waals surface area contributed by atoms with E-state index in [1.807, 2.05) is 31.2 Å². The lowest BCUT2D eigenvalue weighted by Gasteiger charge is -2.27. The summed E-state index contributed by atoms with van der Waals surface area (Å²) >= 11 is 0. The summed E-state index contributed by atoms with van der Waals surface area (Å²) in [5.74, 6) is -0.714. The van der Waals surface area contributed by atoms with Crippen LogP contribution in [-0.2, 0) is 9.53 Å². The highest BCUT2D eigenvalue weighted by molar-refractivity contribution is 6.25. The molecule has 1 atom stereocenters. The van der Waals surface area contributed by atoms with Gasteiger partial charge < -0.3 is 10.1 Å². The van der Waals surface area contributed by atoms with Gasteiger partial charge in [-0.05, 0) is 30.9 Å². The lowest BCUT2D eigenvalue weighted by atomic mass is 9.94. The predicted octanol–water partition coefficient (Wildman–Crippen LogP) is 2.37. The van der Waals surface area contributed by atoms with Crippen molar-refractivity contribution >= 4 is 28.5 Å². The first kappa shape index (κ1) is 18.1. The summed E-state index contributed by atoms with van der Waals surface area (Å²) in [5, 5.41) is 4.42. The van der Waals surface area contributed by atoms with E-state index in [2.05, 4.69) is 5.32 Å². The lowest BCUT2D eigenvalue weighted by Crippen LogP contribution is -2.41. The van der Waals surface area contributed by atoms with Crippen molar-refractivity contribution in [2.24, 2.45) is 0 Å². The highest BCUT2D eigenvalue weighted by Crippen LogP contribution is 2.29. The first-order valence-corrected chi connectivity index (χ1v) is 8.69. The zero-order chi connectivity index (χ0) is 18.7. The molecule has 1 aliphatic rings. The van der Waals surface area contributed by atoms with Crippen molar-refractivity contribution in [3.8, 4) is 0 Å². The molecule has 0 saturated heterocycles. The number of methoxy groups -OCH3 is 1. The maximum Gasteiger partial charge on any atom is 0.261 e. The van der Waals surface area contributed by atoms with Gasteiger partial charge in [-0.2, -0.15) is 0 Å². The van der Waals surface area contributed by atoms with Crippen LogP contribution in [0.1, 0.15) is 40.5 Å². The van der Waals surface area contributed by atoms with Crippen molar-refractivity contribution in [3.05, 3.63) is 47.5 Å². The zero-order valence-electron chi connectivity index (χ0n) is 15.0. The summed E-state index contributed by atoms with van der Waals surface area (Å²) in [7, 11) is 1.58. The number of carbonyl (C=O) groups is 3. The molecule has 0 aromatic heterocycles.